The molecule has 1 atom stereocenters. The van der Waals surface area contributed by atoms with E-state index in [2.05, 4.69) is 15.3 Å². The van der Waals surface area contributed by atoms with Crippen LogP contribution in [-0.4, -0.2) is 45.6 Å². The Balaban J connectivity index is 1.73. The average Bonchev–Trinajstić information content (AvgIpc) is 3.56. The Morgan fingerprint density at radius 1 is 1.02 bits per heavy atom. The number of fused-ring (bicyclic) bond motifs is 4. The lowest BCUT2D eigenvalue weighted by Crippen LogP contribution is -2.51. The maximum Gasteiger partial charge on any atom is 0.319 e. The van der Waals surface area contributed by atoms with Gasteiger partial charge in [0.1, 0.15) is 5.82 Å². The van der Waals surface area contributed by atoms with Gasteiger partial charge in [0.2, 0.25) is 5.88 Å². The van der Waals surface area contributed by atoms with E-state index in [1.165, 1.54) is 25.3 Å². The molecule has 2 aliphatic heterocycles. The fourth-order valence-corrected chi connectivity index (χ4v) is 6.14. The van der Waals surface area contributed by atoms with E-state index in [-0.39, 0.29) is 23.6 Å². The van der Waals surface area contributed by atoms with Crippen LogP contribution in [0.3, 0.4) is 0 Å². The van der Waals surface area contributed by atoms with Gasteiger partial charge in [0.05, 0.1) is 31.2 Å². The number of methoxy groups -OCH3 is 2. The molecule has 0 unspecified atom stereocenters. The van der Waals surface area contributed by atoms with Crippen LogP contribution in [0.1, 0.15) is 54.1 Å². The topological polar surface area (TPSA) is 111 Å². The number of imidazole rings is 1. The van der Waals surface area contributed by atoms with Crippen LogP contribution in [0.2, 0.25) is 10.0 Å². The minimum Gasteiger partial charge on any atom is -0.480 e. The highest BCUT2D eigenvalue weighted by Crippen LogP contribution is 2.55. The summed E-state index contributed by atoms with van der Waals surface area (Å²) in [5, 5.41) is 3.87. The number of ether oxygens (including phenoxy) is 2. The second-order valence-electron chi connectivity index (χ2n) is 10.00. The van der Waals surface area contributed by atoms with Gasteiger partial charge in [-0.05, 0) is 50.1 Å². The first kappa shape index (κ1) is 27.0. The van der Waals surface area contributed by atoms with Gasteiger partial charge in [-0.25, -0.2) is 9.97 Å². The van der Waals surface area contributed by atoms with E-state index in [0.717, 1.165) is 5.56 Å². The van der Waals surface area contributed by atoms with Gasteiger partial charge in [-0.1, -0.05) is 42.3 Å². The molecule has 0 saturated carbocycles. The fourth-order valence-electron chi connectivity index (χ4n) is 5.80. The average molecular weight is 593 g/mol. The van der Waals surface area contributed by atoms with Crippen molar-refractivity contribution in [2.24, 2.45) is 0 Å². The first-order chi connectivity index (χ1) is 19.7. The van der Waals surface area contributed by atoms with Gasteiger partial charge in [0, 0.05) is 33.5 Å². The van der Waals surface area contributed by atoms with E-state index in [1.807, 2.05) is 31.4 Å². The van der Waals surface area contributed by atoms with Crippen molar-refractivity contribution >= 4 is 46.4 Å². The summed E-state index contributed by atoms with van der Waals surface area (Å²) < 4.78 is 12.6. The number of rotatable bonds is 6. The fraction of sp³-hybridized carbons (Fsp3) is 0.276. The molecule has 2 amide bonds. The molecule has 0 radical (unpaired) electrons. The van der Waals surface area contributed by atoms with Crippen LogP contribution in [0.25, 0.3) is 11.4 Å². The largest absolute Gasteiger partial charge is 0.480 e. The third-order valence-corrected chi connectivity index (χ3v) is 7.95. The summed E-state index contributed by atoms with van der Waals surface area (Å²) in [6, 6.07) is 10.4. The highest BCUT2D eigenvalue weighted by atomic mass is 35.5. The number of aromatic nitrogens is 4. The molecule has 0 fully saturated rings. The Labute approximate surface area is 246 Å². The monoisotopic (exact) mass is 592 g/mol. The van der Waals surface area contributed by atoms with Crippen LogP contribution >= 0.6 is 23.2 Å². The lowest BCUT2D eigenvalue weighted by molar-refractivity contribution is -0.119. The first-order valence-corrected chi connectivity index (χ1v) is 13.7. The van der Waals surface area contributed by atoms with Crippen molar-refractivity contribution in [2.75, 3.05) is 24.4 Å². The molecule has 4 aromatic rings. The molecule has 1 N–H and O–H groups in total. The minimum atomic E-state index is -1.60. The number of halogens is 2. The molecular weight excluding hydrogens is 567 g/mol. The summed E-state index contributed by atoms with van der Waals surface area (Å²) in [6.07, 6.45) is 2.14. The summed E-state index contributed by atoms with van der Waals surface area (Å²) in [5.74, 6) is -0.250. The molecule has 12 heteroatoms. The zero-order chi connectivity index (χ0) is 29.2. The Kier molecular flexibility index (Phi) is 6.43. The van der Waals surface area contributed by atoms with Crippen molar-refractivity contribution in [3.63, 3.8) is 0 Å². The maximum absolute atomic E-state index is 14.6. The normalized spacial score (nSPS) is 17.3. The van der Waals surface area contributed by atoms with Gasteiger partial charge >= 0.3 is 6.01 Å². The minimum absolute atomic E-state index is 0.119. The lowest BCUT2D eigenvalue weighted by atomic mass is 9.86. The third-order valence-electron chi connectivity index (χ3n) is 7.48. The number of hydrogen-bond donors (Lipinski definition) is 1. The maximum atomic E-state index is 14.6. The van der Waals surface area contributed by atoms with Crippen molar-refractivity contribution in [2.45, 2.75) is 38.8 Å². The number of carbonyl (C=O) groups is 2. The summed E-state index contributed by atoms with van der Waals surface area (Å²) >= 11 is 12.8. The number of amides is 2. The van der Waals surface area contributed by atoms with Crippen molar-refractivity contribution in [3.8, 4) is 23.3 Å². The van der Waals surface area contributed by atoms with E-state index < -0.39 is 17.4 Å². The van der Waals surface area contributed by atoms with Gasteiger partial charge < -0.3 is 19.4 Å². The van der Waals surface area contributed by atoms with Crippen LogP contribution in [0.5, 0.6) is 11.9 Å². The smallest absolute Gasteiger partial charge is 0.319 e. The zero-order valence-corrected chi connectivity index (χ0v) is 24.5. The first-order valence-electron chi connectivity index (χ1n) is 13.0. The van der Waals surface area contributed by atoms with Crippen LogP contribution in [-0.2, 0) is 16.8 Å². The van der Waals surface area contributed by atoms with E-state index in [4.69, 9.17) is 37.7 Å². The quantitative estimate of drug-likeness (QED) is 0.307. The highest BCUT2D eigenvalue weighted by molar-refractivity contribution is 6.32. The second-order valence-corrected chi connectivity index (χ2v) is 10.9. The second kappa shape index (κ2) is 9.74. The third kappa shape index (κ3) is 3.74. The van der Waals surface area contributed by atoms with Crippen molar-refractivity contribution in [1.82, 2.24) is 19.5 Å². The summed E-state index contributed by atoms with van der Waals surface area (Å²) in [7, 11) is 2.93. The van der Waals surface area contributed by atoms with Gasteiger partial charge in [-0.15, -0.1) is 0 Å². The molecule has 2 aliphatic rings. The molecule has 10 nitrogen and oxygen atoms in total. The lowest BCUT2D eigenvalue weighted by Gasteiger charge is -2.36. The number of aryl methyl sites for hydroxylation is 1. The number of nitrogens with zero attached hydrogens (tertiary/aromatic N) is 5. The number of anilines is 2. The Morgan fingerprint density at radius 3 is 2.44 bits per heavy atom. The SMILES string of the molecule is CCc1ccc(Cl)cc1N1C(=O)c2nc(-c3cnc(OC)nc3OC)n(C(C)C)c2[C@@]12C(=O)Nc1cc(Cl)ccc12. The standard InChI is InChI=1S/C29H26Cl2N6O4/c1-6-15-7-8-17(31)12-21(15)37-26(38)22-23(29(37)19-10-9-16(30)11-20(19)33-27(29)39)36(14(2)3)24(34-22)18-13-32-28(41-5)35-25(18)40-4/h7-14H,6H2,1-5H3,(H,33,39)/t29-/m0/s1. The zero-order valence-electron chi connectivity index (χ0n) is 23.0. The Bertz CT molecular complexity index is 1750. The summed E-state index contributed by atoms with van der Waals surface area (Å²) in [5.41, 5.74) is 1.86. The van der Waals surface area contributed by atoms with E-state index in [1.54, 1.807) is 30.3 Å². The molecule has 210 valence electrons. The van der Waals surface area contributed by atoms with Crippen LogP contribution in [0.4, 0.5) is 11.4 Å². The van der Waals surface area contributed by atoms with Crippen LogP contribution < -0.4 is 19.7 Å². The Hall–Kier alpha value is -4.15. The molecule has 4 heterocycles. The van der Waals surface area contributed by atoms with Crippen LogP contribution in [0.15, 0.2) is 42.6 Å². The molecule has 41 heavy (non-hydrogen) atoms. The van der Waals surface area contributed by atoms with Crippen molar-refractivity contribution in [3.05, 3.63) is 75.2 Å². The van der Waals surface area contributed by atoms with E-state index in [9.17, 15) is 9.59 Å². The van der Waals surface area contributed by atoms with E-state index in [0.29, 0.717) is 50.5 Å². The van der Waals surface area contributed by atoms with Gasteiger partial charge in [0.25, 0.3) is 11.8 Å². The predicted molar refractivity (Wildman–Crippen MR) is 155 cm³/mol. The van der Waals surface area contributed by atoms with Gasteiger partial charge in [0.15, 0.2) is 11.2 Å². The van der Waals surface area contributed by atoms with Crippen molar-refractivity contribution < 1.29 is 19.1 Å². The molecule has 0 aliphatic carbocycles. The Morgan fingerprint density at radius 2 is 1.76 bits per heavy atom. The number of carbonyl (C=O) groups excluding carboxylic acids is 2. The molecular formula is C29H26Cl2N6O4. The summed E-state index contributed by atoms with van der Waals surface area (Å²) in [6.45, 7) is 5.89. The highest BCUT2D eigenvalue weighted by Gasteiger charge is 2.64. The predicted octanol–water partition coefficient (Wildman–Crippen LogP) is 5.66. The molecule has 0 bridgehead atoms. The number of nitrogens with one attached hydrogen (secondary N) is 1. The van der Waals surface area contributed by atoms with Gasteiger partial charge in [-0.2, -0.15) is 4.98 Å². The summed E-state index contributed by atoms with van der Waals surface area (Å²) in [4.78, 5) is 43.9. The molecule has 6 rings (SSSR count). The number of hydrogen-bond acceptors (Lipinski definition) is 7. The molecule has 1 spiro atoms. The molecule has 0 saturated heterocycles. The van der Waals surface area contributed by atoms with Crippen molar-refractivity contribution in [1.29, 1.82) is 0 Å². The van der Waals surface area contributed by atoms with Crippen LogP contribution in [0, 0.1) is 0 Å². The molecule has 2 aromatic heterocycles. The molecule has 2 aromatic carbocycles. The van der Waals surface area contributed by atoms with E-state index >= 15 is 0 Å². The number of benzene rings is 2. The van der Waals surface area contributed by atoms with Gasteiger partial charge in [-0.3, -0.25) is 14.5 Å².